The standard InChI is InChI=1S/C18H21N3O2S2/c22-17(13-4-1-2-5-13)20-7-9-21(10-8-20)18(23)14-12-25-16(19-14)15-6-3-11-24-15/h3,6,11-13H,1-2,4-5,7-10H2. The summed E-state index contributed by atoms with van der Waals surface area (Å²) in [5, 5.41) is 4.75. The zero-order valence-electron chi connectivity index (χ0n) is 14.0. The fourth-order valence-electron chi connectivity index (χ4n) is 3.61. The van der Waals surface area contributed by atoms with Gasteiger partial charge in [0.05, 0.1) is 4.88 Å². The summed E-state index contributed by atoms with van der Waals surface area (Å²) in [6, 6.07) is 4.01. The Morgan fingerprint density at radius 3 is 2.44 bits per heavy atom. The van der Waals surface area contributed by atoms with E-state index in [4.69, 9.17) is 0 Å². The van der Waals surface area contributed by atoms with Crippen molar-refractivity contribution >= 4 is 34.5 Å². The Hall–Kier alpha value is -1.73. The average Bonchev–Trinajstić information content (AvgIpc) is 3.42. The molecule has 2 aromatic rings. The Morgan fingerprint density at radius 2 is 1.76 bits per heavy atom. The first-order chi connectivity index (χ1) is 12.2. The van der Waals surface area contributed by atoms with Crippen LogP contribution in [0.25, 0.3) is 9.88 Å². The molecule has 2 aliphatic rings. The van der Waals surface area contributed by atoms with Crippen LogP contribution in [0.15, 0.2) is 22.9 Å². The van der Waals surface area contributed by atoms with E-state index in [2.05, 4.69) is 4.98 Å². The SMILES string of the molecule is O=C(c1csc(-c2cccs2)n1)N1CCN(C(=O)C2CCCC2)CC1. The molecular formula is C18H21N3O2S2. The van der Waals surface area contributed by atoms with E-state index in [0.29, 0.717) is 37.8 Å². The summed E-state index contributed by atoms with van der Waals surface area (Å²) in [5.74, 6) is 0.486. The summed E-state index contributed by atoms with van der Waals surface area (Å²) in [4.78, 5) is 34.5. The molecule has 2 fully saturated rings. The highest BCUT2D eigenvalue weighted by Gasteiger charge is 2.31. The summed E-state index contributed by atoms with van der Waals surface area (Å²) < 4.78 is 0. The van der Waals surface area contributed by atoms with E-state index < -0.39 is 0 Å². The first-order valence-corrected chi connectivity index (χ1v) is 10.6. The van der Waals surface area contributed by atoms with Crippen LogP contribution in [0.1, 0.15) is 36.2 Å². The number of amides is 2. The van der Waals surface area contributed by atoms with Gasteiger partial charge in [-0.25, -0.2) is 4.98 Å². The van der Waals surface area contributed by atoms with Gasteiger partial charge in [-0.1, -0.05) is 18.9 Å². The van der Waals surface area contributed by atoms with E-state index in [1.165, 1.54) is 24.2 Å². The van der Waals surface area contributed by atoms with Crippen LogP contribution in [0.3, 0.4) is 0 Å². The second kappa shape index (κ2) is 7.25. The Kier molecular flexibility index (Phi) is 4.85. The van der Waals surface area contributed by atoms with Crippen molar-refractivity contribution < 1.29 is 9.59 Å². The Bertz CT molecular complexity index is 742. The topological polar surface area (TPSA) is 53.5 Å². The number of carbonyl (C=O) groups is 2. The molecule has 132 valence electrons. The van der Waals surface area contributed by atoms with Crippen LogP contribution in [0.4, 0.5) is 0 Å². The molecule has 0 radical (unpaired) electrons. The lowest BCUT2D eigenvalue weighted by molar-refractivity contribution is -0.136. The lowest BCUT2D eigenvalue weighted by atomic mass is 10.1. The van der Waals surface area contributed by atoms with Crippen molar-refractivity contribution in [1.29, 1.82) is 0 Å². The van der Waals surface area contributed by atoms with Crippen molar-refractivity contribution in [1.82, 2.24) is 14.8 Å². The summed E-state index contributed by atoms with van der Waals surface area (Å²) in [6.45, 7) is 2.48. The van der Waals surface area contributed by atoms with Gasteiger partial charge in [0.2, 0.25) is 5.91 Å². The molecule has 7 heteroatoms. The molecule has 0 spiro atoms. The largest absolute Gasteiger partial charge is 0.339 e. The highest BCUT2D eigenvalue weighted by molar-refractivity contribution is 7.20. The van der Waals surface area contributed by atoms with Gasteiger partial charge in [0.15, 0.2) is 0 Å². The number of hydrogen-bond donors (Lipinski definition) is 0. The van der Waals surface area contributed by atoms with Crippen LogP contribution in [-0.2, 0) is 4.79 Å². The summed E-state index contributed by atoms with van der Waals surface area (Å²) in [7, 11) is 0. The van der Waals surface area contributed by atoms with Crippen LogP contribution >= 0.6 is 22.7 Å². The van der Waals surface area contributed by atoms with Crippen molar-refractivity contribution in [3.8, 4) is 9.88 Å². The maximum absolute atomic E-state index is 12.7. The van der Waals surface area contributed by atoms with Crippen molar-refractivity contribution in [2.75, 3.05) is 26.2 Å². The van der Waals surface area contributed by atoms with Gasteiger partial charge in [-0.2, -0.15) is 0 Å². The molecule has 2 amide bonds. The molecule has 0 unspecified atom stereocenters. The van der Waals surface area contributed by atoms with Crippen molar-refractivity contribution in [2.45, 2.75) is 25.7 Å². The zero-order chi connectivity index (χ0) is 17.2. The molecule has 0 aromatic carbocycles. The summed E-state index contributed by atoms with van der Waals surface area (Å²) in [6.07, 6.45) is 4.40. The van der Waals surface area contributed by atoms with E-state index >= 15 is 0 Å². The molecule has 1 saturated heterocycles. The van der Waals surface area contributed by atoms with Gasteiger partial charge >= 0.3 is 0 Å². The predicted octanol–water partition coefficient (Wildman–Crippen LogP) is 3.35. The number of hydrogen-bond acceptors (Lipinski definition) is 5. The minimum atomic E-state index is -0.0213. The van der Waals surface area contributed by atoms with Gasteiger partial charge in [0.25, 0.3) is 5.91 Å². The normalized spacial score (nSPS) is 18.7. The zero-order valence-corrected chi connectivity index (χ0v) is 15.7. The maximum atomic E-state index is 12.7. The van der Waals surface area contributed by atoms with Gasteiger partial charge in [-0.15, -0.1) is 22.7 Å². The van der Waals surface area contributed by atoms with Crippen molar-refractivity contribution in [3.63, 3.8) is 0 Å². The van der Waals surface area contributed by atoms with Crippen molar-refractivity contribution in [2.24, 2.45) is 5.92 Å². The molecule has 4 rings (SSSR count). The molecule has 1 aliphatic carbocycles. The highest BCUT2D eigenvalue weighted by Crippen LogP contribution is 2.29. The molecule has 0 N–H and O–H groups in total. The quantitative estimate of drug-likeness (QED) is 0.827. The molecule has 1 saturated carbocycles. The third-order valence-electron chi connectivity index (χ3n) is 5.04. The summed E-state index contributed by atoms with van der Waals surface area (Å²) >= 11 is 3.14. The predicted molar refractivity (Wildman–Crippen MR) is 99.9 cm³/mol. The first kappa shape index (κ1) is 16.7. The number of thiazole rings is 1. The molecule has 1 aliphatic heterocycles. The van der Waals surface area contributed by atoms with E-state index in [9.17, 15) is 9.59 Å². The third kappa shape index (κ3) is 3.48. The van der Waals surface area contributed by atoms with Gasteiger partial charge in [-0.05, 0) is 24.3 Å². The van der Waals surface area contributed by atoms with E-state index in [-0.39, 0.29) is 11.8 Å². The highest BCUT2D eigenvalue weighted by atomic mass is 32.1. The van der Waals surface area contributed by atoms with Gasteiger partial charge in [-0.3, -0.25) is 9.59 Å². The van der Waals surface area contributed by atoms with E-state index in [1.807, 2.05) is 32.7 Å². The number of nitrogens with zero attached hydrogens (tertiary/aromatic N) is 3. The molecule has 0 atom stereocenters. The first-order valence-electron chi connectivity index (χ1n) is 8.80. The van der Waals surface area contributed by atoms with Crippen LogP contribution in [-0.4, -0.2) is 52.8 Å². The van der Waals surface area contributed by atoms with Gasteiger partial charge < -0.3 is 9.80 Å². The molecule has 25 heavy (non-hydrogen) atoms. The van der Waals surface area contributed by atoms with Crippen LogP contribution in [0.2, 0.25) is 0 Å². The molecule has 3 heterocycles. The van der Waals surface area contributed by atoms with E-state index in [0.717, 1.165) is 22.7 Å². The average molecular weight is 376 g/mol. The monoisotopic (exact) mass is 375 g/mol. The van der Waals surface area contributed by atoms with Crippen LogP contribution in [0, 0.1) is 5.92 Å². The Labute approximate surface area is 155 Å². The molecule has 0 bridgehead atoms. The summed E-state index contributed by atoms with van der Waals surface area (Å²) in [5.41, 5.74) is 0.518. The Balaban J connectivity index is 1.36. The number of thiophene rings is 1. The fourth-order valence-corrected chi connectivity index (χ4v) is 5.22. The van der Waals surface area contributed by atoms with Gasteiger partial charge in [0, 0.05) is 37.5 Å². The third-order valence-corrected chi connectivity index (χ3v) is 6.92. The van der Waals surface area contributed by atoms with Crippen LogP contribution in [0.5, 0.6) is 0 Å². The minimum absolute atomic E-state index is 0.0213. The van der Waals surface area contributed by atoms with Crippen molar-refractivity contribution in [3.05, 3.63) is 28.6 Å². The van der Waals surface area contributed by atoms with E-state index in [1.54, 1.807) is 11.3 Å². The molecular weight excluding hydrogens is 354 g/mol. The Morgan fingerprint density at radius 1 is 1.04 bits per heavy atom. The maximum Gasteiger partial charge on any atom is 0.273 e. The molecule has 5 nitrogen and oxygen atoms in total. The fraction of sp³-hybridized carbons (Fsp3) is 0.500. The van der Waals surface area contributed by atoms with Gasteiger partial charge in [0.1, 0.15) is 10.7 Å². The van der Waals surface area contributed by atoms with Crippen LogP contribution < -0.4 is 0 Å². The number of piperazine rings is 1. The minimum Gasteiger partial charge on any atom is -0.339 e. The second-order valence-electron chi connectivity index (χ2n) is 6.61. The number of rotatable bonds is 3. The number of aromatic nitrogens is 1. The molecule has 2 aromatic heterocycles. The second-order valence-corrected chi connectivity index (χ2v) is 8.42. The smallest absolute Gasteiger partial charge is 0.273 e. The lowest BCUT2D eigenvalue weighted by Crippen LogP contribution is -2.51. The lowest BCUT2D eigenvalue weighted by Gasteiger charge is -2.35. The number of carbonyl (C=O) groups excluding carboxylic acids is 2.